The normalized spacial score (nSPS) is 12.6. The van der Waals surface area contributed by atoms with Gasteiger partial charge in [-0.15, -0.1) is 11.3 Å². The maximum atomic E-state index is 13.4. The first-order valence-electron chi connectivity index (χ1n) is 6.52. The molecule has 0 saturated carbocycles. The van der Waals surface area contributed by atoms with Gasteiger partial charge < -0.3 is 5.32 Å². The van der Waals surface area contributed by atoms with Gasteiger partial charge in [-0.2, -0.15) is 0 Å². The van der Waals surface area contributed by atoms with E-state index < -0.39 is 11.6 Å². The molecule has 1 N–H and O–H groups in total. The number of benzene rings is 1. The number of hydrogen-bond acceptors (Lipinski definition) is 2. The smallest absolute Gasteiger partial charge is 0.159 e. The molecule has 0 radical (unpaired) electrons. The summed E-state index contributed by atoms with van der Waals surface area (Å²) in [5, 5.41) is 3.36. The third-order valence-electron chi connectivity index (χ3n) is 3.02. The van der Waals surface area contributed by atoms with Gasteiger partial charge in [0.1, 0.15) is 0 Å². The standard InChI is InChI=1S/C15H16ClF2NS/c1-2-7-19-14(9-11-4-6-15(16)20-11)10-3-5-12(17)13(18)8-10/h3-6,8,14,19H,2,7,9H2,1H3. The number of hydrogen-bond donors (Lipinski definition) is 1. The number of rotatable bonds is 6. The molecule has 1 unspecified atom stereocenters. The molecule has 0 spiro atoms. The van der Waals surface area contributed by atoms with Gasteiger partial charge in [-0.1, -0.05) is 24.6 Å². The first-order chi connectivity index (χ1) is 9.60. The summed E-state index contributed by atoms with van der Waals surface area (Å²) in [5.74, 6) is -1.63. The molecule has 20 heavy (non-hydrogen) atoms. The second kappa shape index (κ2) is 7.16. The maximum absolute atomic E-state index is 13.4. The molecule has 0 bridgehead atoms. The van der Waals surface area contributed by atoms with Crippen LogP contribution in [0.15, 0.2) is 30.3 Å². The second-order valence-corrected chi connectivity index (χ2v) is 6.39. The molecule has 1 nitrogen and oxygen atoms in total. The van der Waals surface area contributed by atoms with Crippen molar-refractivity contribution < 1.29 is 8.78 Å². The average Bonchev–Trinajstić information content (AvgIpc) is 2.83. The van der Waals surface area contributed by atoms with Crippen LogP contribution in [-0.4, -0.2) is 6.54 Å². The van der Waals surface area contributed by atoms with Crippen molar-refractivity contribution in [2.45, 2.75) is 25.8 Å². The van der Waals surface area contributed by atoms with Crippen LogP contribution in [0.25, 0.3) is 0 Å². The van der Waals surface area contributed by atoms with Gasteiger partial charge in [-0.05, 0) is 42.8 Å². The van der Waals surface area contributed by atoms with E-state index in [0.29, 0.717) is 6.42 Å². The van der Waals surface area contributed by atoms with Crippen LogP contribution in [0.5, 0.6) is 0 Å². The summed E-state index contributed by atoms with van der Waals surface area (Å²) in [6.07, 6.45) is 1.69. The molecule has 5 heteroatoms. The molecule has 108 valence electrons. The molecule has 1 heterocycles. The van der Waals surface area contributed by atoms with Crippen molar-refractivity contribution in [2.75, 3.05) is 6.54 Å². The molecule has 0 amide bonds. The number of halogens is 3. The maximum Gasteiger partial charge on any atom is 0.159 e. The Labute approximate surface area is 126 Å². The highest BCUT2D eigenvalue weighted by Crippen LogP contribution is 2.27. The lowest BCUT2D eigenvalue weighted by Crippen LogP contribution is -2.24. The van der Waals surface area contributed by atoms with E-state index in [-0.39, 0.29) is 6.04 Å². The Kier molecular flexibility index (Phi) is 5.52. The van der Waals surface area contributed by atoms with Gasteiger partial charge >= 0.3 is 0 Å². The van der Waals surface area contributed by atoms with Crippen LogP contribution in [0, 0.1) is 11.6 Å². The highest BCUT2D eigenvalue weighted by atomic mass is 35.5. The van der Waals surface area contributed by atoms with Gasteiger partial charge in [0.05, 0.1) is 4.34 Å². The van der Waals surface area contributed by atoms with E-state index in [9.17, 15) is 8.78 Å². The molecule has 0 saturated heterocycles. The molecule has 1 atom stereocenters. The minimum atomic E-state index is -0.817. The third-order valence-corrected chi connectivity index (χ3v) is 4.27. The summed E-state index contributed by atoms with van der Waals surface area (Å²) in [4.78, 5) is 1.12. The molecule has 1 aromatic carbocycles. The average molecular weight is 316 g/mol. The number of nitrogens with one attached hydrogen (secondary N) is 1. The fourth-order valence-electron chi connectivity index (χ4n) is 2.02. The minimum absolute atomic E-state index is 0.0419. The van der Waals surface area contributed by atoms with Crippen molar-refractivity contribution in [2.24, 2.45) is 0 Å². The van der Waals surface area contributed by atoms with Crippen molar-refractivity contribution in [1.82, 2.24) is 5.32 Å². The summed E-state index contributed by atoms with van der Waals surface area (Å²) in [6.45, 7) is 2.89. The Morgan fingerprint density at radius 2 is 2.00 bits per heavy atom. The largest absolute Gasteiger partial charge is 0.310 e. The van der Waals surface area contributed by atoms with E-state index in [1.165, 1.54) is 23.5 Å². The molecule has 0 aliphatic carbocycles. The van der Waals surface area contributed by atoms with Gasteiger partial charge in [0.2, 0.25) is 0 Å². The van der Waals surface area contributed by atoms with Crippen molar-refractivity contribution in [3.05, 3.63) is 56.7 Å². The zero-order valence-electron chi connectivity index (χ0n) is 11.1. The van der Waals surface area contributed by atoms with E-state index in [1.54, 1.807) is 6.07 Å². The molecule has 0 aliphatic heterocycles. The van der Waals surface area contributed by atoms with Gasteiger partial charge in [-0.25, -0.2) is 8.78 Å². The lowest BCUT2D eigenvalue weighted by Gasteiger charge is -2.18. The Morgan fingerprint density at radius 1 is 1.20 bits per heavy atom. The Bertz CT molecular complexity index is 571. The minimum Gasteiger partial charge on any atom is -0.310 e. The van der Waals surface area contributed by atoms with E-state index in [2.05, 4.69) is 12.2 Å². The molecule has 1 aromatic heterocycles. The molecular weight excluding hydrogens is 300 g/mol. The Hall–Kier alpha value is -0.970. The molecule has 2 aromatic rings. The molecule has 2 rings (SSSR count). The van der Waals surface area contributed by atoms with E-state index in [0.717, 1.165) is 27.7 Å². The predicted octanol–water partition coefficient (Wildman–Crippen LogP) is 4.96. The first-order valence-corrected chi connectivity index (χ1v) is 7.72. The summed E-state index contributed by atoms with van der Waals surface area (Å²) in [6, 6.07) is 7.84. The zero-order valence-corrected chi connectivity index (χ0v) is 12.7. The van der Waals surface area contributed by atoms with Crippen LogP contribution in [-0.2, 0) is 6.42 Å². The summed E-state index contributed by atoms with van der Waals surface area (Å²) >= 11 is 7.44. The highest BCUT2D eigenvalue weighted by molar-refractivity contribution is 7.16. The summed E-state index contributed by atoms with van der Waals surface area (Å²) in [5.41, 5.74) is 0.752. The van der Waals surface area contributed by atoms with Crippen LogP contribution in [0.3, 0.4) is 0 Å². The van der Waals surface area contributed by atoms with Crippen LogP contribution < -0.4 is 5.32 Å². The topological polar surface area (TPSA) is 12.0 Å². The highest BCUT2D eigenvalue weighted by Gasteiger charge is 2.15. The summed E-state index contributed by atoms with van der Waals surface area (Å²) < 4.78 is 27.2. The zero-order chi connectivity index (χ0) is 14.5. The lowest BCUT2D eigenvalue weighted by atomic mass is 10.0. The summed E-state index contributed by atoms with van der Waals surface area (Å²) in [7, 11) is 0. The van der Waals surface area contributed by atoms with Gasteiger partial charge in [0.15, 0.2) is 11.6 Å². The SMILES string of the molecule is CCCNC(Cc1ccc(Cl)s1)c1ccc(F)c(F)c1. The first kappa shape index (κ1) is 15.4. The molecule has 0 aliphatic rings. The Morgan fingerprint density at radius 3 is 2.60 bits per heavy atom. The molecular formula is C15H16ClF2NS. The van der Waals surface area contributed by atoms with Gasteiger partial charge in [0.25, 0.3) is 0 Å². The fraction of sp³-hybridized carbons (Fsp3) is 0.333. The van der Waals surface area contributed by atoms with Gasteiger partial charge in [0, 0.05) is 17.3 Å². The third kappa shape index (κ3) is 4.01. The van der Waals surface area contributed by atoms with E-state index >= 15 is 0 Å². The van der Waals surface area contributed by atoms with Crippen molar-refractivity contribution >= 4 is 22.9 Å². The Balaban J connectivity index is 2.19. The molecule has 0 fully saturated rings. The quantitative estimate of drug-likeness (QED) is 0.794. The van der Waals surface area contributed by atoms with Crippen LogP contribution in [0.1, 0.15) is 29.8 Å². The van der Waals surface area contributed by atoms with E-state index in [4.69, 9.17) is 11.6 Å². The predicted molar refractivity (Wildman–Crippen MR) is 80.4 cm³/mol. The van der Waals surface area contributed by atoms with Crippen LogP contribution >= 0.6 is 22.9 Å². The van der Waals surface area contributed by atoms with Gasteiger partial charge in [-0.3, -0.25) is 0 Å². The fourth-order valence-corrected chi connectivity index (χ4v) is 3.15. The van der Waals surface area contributed by atoms with Crippen LogP contribution in [0.2, 0.25) is 4.34 Å². The number of thiophene rings is 1. The van der Waals surface area contributed by atoms with Crippen LogP contribution in [0.4, 0.5) is 8.78 Å². The lowest BCUT2D eigenvalue weighted by molar-refractivity contribution is 0.494. The second-order valence-electron chi connectivity index (χ2n) is 4.59. The van der Waals surface area contributed by atoms with Crippen molar-refractivity contribution in [1.29, 1.82) is 0 Å². The van der Waals surface area contributed by atoms with E-state index in [1.807, 2.05) is 12.1 Å². The van der Waals surface area contributed by atoms with Crippen molar-refractivity contribution in [3.63, 3.8) is 0 Å². The van der Waals surface area contributed by atoms with Crippen molar-refractivity contribution in [3.8, 4) is 0 Å². The monoisotopic (exact) mass is 315 g/mol.